The maximum Gasteiger partial charge on any atom is 0.308 e. The molecule has 0 aliphatic heterocycles. The van der Waals surface area contributed by atoms with Gasteiger partial charge in [-0.3, -0.25) is 4.79 Å². The number of carboxylic acids is 1. The molecule has 1 saturated carbocycles. The molecule has 16 heavy (non-hydrogen) atoms. The van der Waals surface area contributed by atoms with E-state index in [2.05, 4.69) is 6.92 Å². The molecule has 1 aromatic rings. The topological polar surface area (TPSA) is 76.5 Å². The first-order valence-corrected chi connectivity index (χ1v) is 5.63. The third kappa shape index (κ3) is 2.27. The molecule has 3 N–H and O–H groups in total. The predicted octanol–water partition coefficient (Wildman–Crippen LogP) is 1.61. The minimum atomic E-state index is -0.861. The van der Waals surface area contributed by atoms with Crippen LogP contribution in [-0.4, -0.2) is 17.6 Å². The van der Waals surface area contributed by atoms with E-state index < -0.39 is 11.9 Å². The van der Waals surface area contributed by atoms with Crippen LogP contribution in [0.4, 0.5) is 0 Å². The Morgan fingerprint density at radius 3 is 2.88 bits per heavy atom. The SMILES string of the molecule is CC1CC1c1ccc(CC(CN)C(=O)O)o1. The monoisotopic (exact) mass is 223 g/mol. The van der Waals surface area contributed by atoms with Crippen LogP contribution >= 0.6 is 0 Å². The Balaban J connectivity index is 1.99. The second kappa shape index (κ2) is 4.29. The van der Waals surface area contributed by atoms with Gasteiger partial charge in [0.2, 0.25) is 0 Å². The Hall–Kier alpha value is -1.29. The highest BCUT2D eigenvalue weighted by Gasteiger charge is 2.36. The molecule has 0 amide bonds. The van der Waals surface area contributed by atoms with E-state index in [0.29, 0.717) is 18.3 Å². The standard InChI is InChI=1S/C12H17NO3/c1-7-4-10(7)11-3-2-9(16-11)5-8(6-13)12(14)15/h2-3,7-8,10H,4-6,13H2,1H3,(H,14,15). The molecular weight excluding hydrogens is 206 g/mol. The van der Waals surface area contributed by atoms with E-state index in [0.717, 1.165) is 11.5 Å². The van der Waals surface area contributed by atoms with Crippen LogP contribution in [0.5, 0.6) is 0 Å². The van der Waals surface area contributed by atoms with Crippen molar-refractivity contribution in [2.24, 2.45) is 17.6 Å². The van der Waals surface area contributed by atoms with Gasteiger partial charge in [0.25, 0.3) is 0 Å². The molecule has 1 fully saturated rings. The van der Waals surface area contributed by atoms with Crippen LogP contribution in [0.3, 0.4) is 0 Å². The first-order chi connectivity index (χ1) is 7.61. The number of carboxylic acid groups (broad SMARTS) is 1. The number of aliphatic carboxylic acids is 1. The van der Waals surface area contributed by atoms with Crippen molar-refractivity contribution in [3.63, 3.8) is 0 Å². The van der Waals surface area contributed by atoms with Crippen molar-refractivity contribution in [2.45, 2.75) is 25.7 Å². The molecule has 2 rings (SSSR count). The van der Waals surface area contributed by atoms with Gasteiger partial charge in [0.15, 0.2) is 0 Å². The average molecular weight is 223 g/mol. The zero-order valence-electron chi connectivity index (χ0n) is 9.35. The van der Waals surface area contributed by atoms with Crippen LogP contribution in [0, 0.1) is 11.8 Å². The zero-order chi connectivity index (χ0) is 11.7. The molecule has 1 aliphatic carbocycles. The molecular formula is C12H17NO3. The average Bonchev–Trinajstić information content (AvgIpc) is 2.79. The summed E-state index contributed by atoms with van der Waals surface area (Å²) in [4.78, 5) is 10.8. The highest BCUT2D eigenvalue weighted by atomic mass is 16.4. The second-order valence-corrected chi connectivity index (χ2v) is 4.60. The van der Waals surface area contributed by atoms with Crippen LogP contribution in [0.15, 0.2) is 16.5 Å². The predicted molar refractivity (Wildman–Crippen MR) is 59.1 cm³/mol. The van der Waals surface area contributed by atoms with Crippen LogP contribution in [0.1, 0.15) is 30.8 Å². The lowest BCUT2D eigenvalue weighted by atomic mass is 10.1. The Kier molecular flexibility index (Phi) is 3.01. The quantitative estimate of drug-likeness (QED) is 0.795. The van der Waals surface area contributed by atoms with Crippen molar-refractivity contribution in [1.82, 2.24) is 0 Å². The summed E-state index contributed by atoms with van der Waals surface area (Å²) in [5.74, 6) is 1.55. The van der Waals surface area contributed by atoms with Crippen molar-refractivity contribution >= 4 is 5.97 Å². The molecule has 4 nitrogen and oxygen atoms in total. The van der Waals surface area contributed by atoms with Crippen molar-refractivity contribution in [1.29, 1.82) is 0 Å². The summed E-state index contributed by atoms with van der Waals surface area (Å²) >= 11 is 0. The van der Waals surface area contributed by atoms with Crippen molar-refractivity contribution < 1.29 is 14.3 Å². The molecule has 0 spiro atoms. The fraction of sp³-hybridized carbons (Fsp3) is 0.583. The van der Waals surface area contributed by atoms with E-state index in [4.69, 9.17) is 15.3 Å². The molecule has 0 aromatic carbocycles. The van der Waals surface area contributed by atoms with E-state index in [1.165, 1.54) is 6.42 Å². The zero-order valence-corrected chi connectivity index (χ0v) is 9.35. The first kappa shape index (κ1) is 11.2. The van der Waals surface area contributed by atoms with Crippen molar-refractivity contribution in [2.75, 3.05) is 6.54 Å². The summed E-state index contributed by atoms with van der Waals surface area (Å²) in [6.45, 7) is 2.33. The van der Waals surface area contributed by atoms with Crippen LogP contribution in [0.25, 0.3) is 0 Å². The van der Waals surface area contributed by atoms with Gasteiger partial charge in [0, 0.05) is 18.9 Å². The van der Waals surface area contributed by atoms with Crippen LogP contribution < -0.4 is 5.73 Å². The molecule has 4 heteroatoms. The number of carbonyl (C=O) groups is 1. The molecule has 88 valence electrons. The van der Waals surface area contributed by atoms with Gasteiger partial charge < -0.3 is 15.3 Å². The molecule has 1 aliphatic rings. The van der Waals surface area contributed by atoms with Crippen LogP contribution in [-0.2, 0) is 11.2 Å². The Labute approximate surface area is 94.4 Å². The molecule has 0 radical (unpaired) electrons. The second-order valence-electron chi connectivity index (χ2n) is 4.60. The summed E-state index contributed by atoms with van der Waals surface area (Å²) in [6.07, 6.45) is 1.55. The van der Waals surface area contributed by atoms with E-state index in [1.54, 1.807) is 0 Å². The van der Waals surface area contributed by atoms with Gasteiger partial charge in [-0.05, 0) is 24.5 Å². The normalized spacial score (nSPS) is 25.4. The molecule has 0 saturated heterocycles. The minimum Gasteiger partial charge on any atom is -0.481 e. The number of nitrogens with two attached hydrogens (primary N) is 1. The van der Waals surface area contributed by atoms with Crippen LogP contribution in [0.2, 0.25) is 0 Å². The lowest BCUT2D eigenvalue weighted by molar-refractivity contribution is -0.141. The minimum absolute atomic E-state index is 0.144. The molecule has 3 atom stereocenters. The summed E-state index contributed by atoms with van der Waals surface area (Å²) in [5, 5.41) is 8.88. The van der Waals surface area contributed by atoms with E-state index in [1.807, 2.05) is 12.1 Å². The number of furan rings is 1. The van der Waals surface area contributed by atoms with Gasteiger partial charge in [-0.1, -0.05) is 6.92 Å². The first-order valence-electron chi connectivity index (χ1n) is 5.63. The number of rotatable bonds is 5. The number of hydrogen-bond acceptors (Lipinski definition) is 3. The Morgan fingerprint density at radius 1 is 1.69 bits per heavy atom. The van der Waals surface area contributed by atoms with E-state index in [-0.39, 0.29) is 6.54 Å². The van der Waals surface area contributed by atoms with Gasteiger partial charge in [0.05, 0.1) is 5.92 Å². The molecule has 1 heterocycles. The third-order valence-corrected chi connectivity index (χ3v) is 3.24. The van der Waals surface area contributed by atoms with Crippen molar-refractivity contribution in [3.05, 3.63) is 23.7 Å². The molecule has 0 bridgehead atoms. The van der Waals surface area contributed by atoms with E-state index in [9.17, 15) is 4.79 Å². The summed E-state index contributed by atoms with van der Waals surface area (Å²) < 4.78 is 5.64. The Bertz CT molecular complexity index is 385. The van der Waals surface area contributed by atoms with Gasteiger partial charge >= 0.3 is 5.97 Å². The largest absolute Gasteiger partial charge is 0.481 e. The van der Waals surface area contributed by atoms with Gasteiger partial charge in [-0.2, -0.15) is 0 Å². The fourth-order valence-corrected chi connectivity index (χ4v) is 1.94. The maximum absolute atomic E-state index is 10.8. The lowest BCUT2D eigenvalue weighted by Gasteiger charge is -2.06. The van der Waals surface area contributed by atoms with Crippen molar-refractivity contribution in [3.8, 4) is 0 Å². The fourth-order valence-electron chi connectivity index (χ4n) is 1.94. The highest BCUT2D eigenvalue weighted by Crippen LogP contribution is 2.47. The summed E-state index contributed by atoms with van der Waals surface area (Å²) in [5.41, 5.74) is 5.40. The smallest absolute Gasteiger partial charge is 0.308 e. The molecule has 3 unspecified atom stereocenters. The summed E-state index contributed by atoms with van der Waals surface area (Å²) in [7, 11) is 0. The Morgan fingerprint density at radius 2 is 2.38 bits per heavy atom. The molecule has 1 aromatic heterocycles. The summed E-state index contributed by atoms with van der Waals surface area (Å²) in [6, 6.07) is 3.82. The third-order valence-electron chi connectivity index (χ3n) is 3.24. The van der Waals surface area contributed by atoms with E-state index >= 15 is 0 Å². The highest BCUT2D eigenvalue weighted by molar-refractivity contribution is 5.70. The number of hydrogen-bond donors (Lipinski definition) is 2. The van der Waals surface area contributed by atoms with Gasteiger partial charge in [0.1, 0.15) is 11.5 Å². The van der Waals surface area contributed by atoms with Gasteiger partial charge in [-0.25, -0.2) is 0 Å². The van der Waals surface area contributed by atoms with Gasteiger partial charge in [-0.15, -0.1) is 0 Å². The maximum atomic E-state index is 10.8. The lowest BCUT2D eigenvalue weighted by Crippen LogP contribution is -2.25.